The van der Waals surface area contributed by atoms with E-state index in [4.69, 9.17) is 0 Å². The number of aryl methyl sites for hydroxylation is 1. The summed E-state index contributed by atoms with van der Waals surface area (Å²) in [5, 5.41) is 10.8. The van der Waals surface area contributed by atoms with Crippen molar-refractivity contribution in [3.8, 4) is 0 Å². The van der Waals surface area contributed by atoms with Crippen LogP contribution in [0.5, 0.6) is 0 Å². The van der Waals surface area contributed by atoms with E-state index < -0.39 is 10.7 Å². The Morgan fingerprint density at radius 2 is 1.86 bits per heavy atom. The van der Waals surface area contributed by atoms with E-state index in [1.54, 1.807) is 19.1 Å². The minimum absolute atomic E-state index is 0.00591. The summed E-state index contributed by atoms with van der Waals surface area (Å²) in [6.45, 7) is 1.65. The molecule has 0 N–H and O–H groups in total. The summed E-state index contributed by atoms with van der Waals surface area (Å²) >= 11 is 0. The molecule has 0 spiro atoms. The van der Waals surface area contributed by atoms with Crippen molar-refractivity contribution in [3.05, 3.63) is 81.2 Å². The smallest absolute Gasteiger partial charge is 0.272 e. The lowest BCUT2D eigenvalue weighted by molar-refractivity contribution is -0.385. The lowest BCUT2D eigenvalue weighted by atomic mass is 10.1. The molecule has 2 rings (SSSR count). The normalized spacial score (nSPS) is 10.8. The number of nitro groups is 1. The van der Waals surface area contributed by atoms with E-state index in [2.05, 4.69) is 0 Å². The average molecular weight is 285 g/mol. The third kappa shape index (κ3) is 3.60. The highest BCUT2D eigenvalue weighted by atomic mass is 19.1. The van der Waals surface area contributed by atoms with Crippen LogP contribution in [0.25, 0.3) is 6.08 Å². The molecule has 0 saturated heterocycles. The molecule has 0 aliphatic heterocycles. The van der Waals surface area contributed by atoms with Crippen molar-refractivity contribution < 1.29 is 14.1 Å². The van der Waals surface area contributed by atoms with Gasteiger partial charge in [0.2, 0.25) is 0 Å². The molecule has 106 valence electrons. The lowest BCUT2D eigenvalue weighted by Gasteiger charge is -1.99. The number of nitro benzene ring substituents is 1. The van der Waals surface area contributed by atoms with Gasteiger partial charge in [-0.3, -0.25) is 14.9 Å². The zero-order valence-corrected chi connectivity index (χ0v) is 11.2. The van der Waals surface area contributed by atoms with Crippen molar-refractivity contribution in [1.29, 1.82) is 0 Å². The maximum atomic E-state index is 12.8. The van der Waals surface area contributed by atoms with Crippen LogP contribution >= 0.6 is 0 Å². The van der Waals surface area contributed by atoms with Gasteiger partial charge in [0.15, 0.2) is 5.78 Å². The zero-order chi connectivity index (χ0) is 15.4. The van der Waals surface area contributed by atoms with Gasteiger partial charge in [-0.15, -0.1) is 0 Å². The highest BCUT2D eigenvalue weighted by Crippen LogP contribution is 2.20. The molecule has 2 aromatic rings. The summed E-state index contributed by atoms with van der Waals surface area (Å²) in [5.41, 5.74) is 1.48. The average Bonchev–Trinajstić information content (AvgIpc) is 2.46. The van der Waals surface area contributed by atoms with Gasteiger partial charge in [0.05, 0.1) is 4.92 Å². The molecule has 4 nitrogen and oxygen atoms in total. The van der Waals surface area contributed by atoms with Crippen LogP contribution < -0.4 is 0 Å². The van der Waals surface area contributed by atoms with Crippen LogP contribution in [0.3, 0.4) is 0 Å². The van der Waals surface area contributed by atoms with Gasteiger partial charge >= 0.3 is 0 Å². The number of halogens is 1. The first-order valence-electron chi connectivity index (χ1n) is 6.20. The van der Waals surface area contributed by atoms with E-state index in [0.717, 1.165) is 0 Å². The summed E-state index contributed by atoms with van der Waals surface area (Å²) in [6.07, 6.45) is 2.81. The molecule has 0 unspecified atom stereocenters. The predicted molar refractivity (Wildman–Crippen MR) is 77.6 cm³/mol. The molecule has 0 fully saturated rings. The Balaban J connectivity index is 2.21. The minimum atomic E-state index is -0.464. The van der Waals surface area contributed by atoms with Crippen LogP contribution in [-0.2, 0) is 0 Å². The number of hydrogen-bond acceptors (Lipinski definition) is 3. The Bertz CT molecular complexity index is 721. The standard InChI is InChI=1S/C16H12FNO3/c1-11-2-3-12(10-15(11)18(20)21)4-9-16(19)13-5-7-14(17)8-6-13/h2-10H,1H3/b9-4+. The first kappa shape index (κ1) is 14.6. The molecular formula is C16H12FNO3. The second-order valence-electron chi connectivity index (χ2n) is 4.51. The van der Waals surface area contributed by atoms with Crippen LogP contribution in [-0.4, -0.2) is 10.7 Å². The highest BCUT2D eigenvalue weighted by molar-refractivity contribution is 6.06. The van der Waals surface area contributed by atoms with E-state index in [9.17, 15) is 19.3 Å². The third-order valence-electron chi connectivity index (χ3n) is 2.99. The number of rotatable bonds is 4. The minimum Gasteiger partial charge on any atom is -0.289 e. The Kier molecular flexibility index (Phi) is 4.23. The molecule has 0 bridgehead atoms. The second-order valence-corrected chi connectivity index (χ2v) is 4.51. The number of hydrogen-bond donors (Lipinski definition) is 0. The van der Waals surface area contributed by atoms with Gasteiger partial charge < -0.3 is 0 Å². The molecule has 0 amide bonds. The summed E-state index contributed by atoms with van der Waals surface area (Å²) in [5.74, 6) is -0.706. The number of allylic oxidation sites excluding steroid dienone is 1. The van der Waals surface area contributed by atoms with Gasteiger partial charge in [-0.25, -0.2) is 4.39 Å². The molecule has 0 aromatic heterocycles. The molecule has 0 aliphatic rings. The van der Waals surface area contributed by atoms with Crippen LogP contribution in [0, 0.1) is 22.9 Å². The molecular weight excluding hydrogens is 273 g/mol. The van der Waals surface area contributed by atoms with Gasteiger partial charge in [0.1, 0.15) is 5.82 Å². The van der Waals surface area contributed by atoms with E-state index in [-0.39, 0.29) is 11.5 Å². The van der Waals surface area contributed by atoms with Gasteiger partial charge in [0.25, 0.3) is 5.69 Å². The maximum absolute atomic E-state index is 12.8. The Morgan fingerprint density at radius 3 is 2.48 bits per heavy atom. The maximum Gasteiger partial charge on any atom is 0.272 e. The molecule has 0 aliphatic carbocycles. The van der Waals surface area contributed by atoms with Gasteiger partial charge in [0, 0.05) is 17.2 Å². The largest absolute Gasteiger partial charge is 0.289 e. The fourth-order valence-electron chi connectivity index (χ4n) is 1.81. The number of ketones is 1. The number of carbonyl (C=O) groups is 1. The molecule has 5 heteroatoms. The van der Waals surface area contributed by atoms with Crippen molar-refractivity contribution in [3.63, 3.8) is 0 Å². The number of benzene rings is 2. The van der Waals surface area contributed by atoms with Crippen molar-refractivity contribution in [1.82, 2.24) is 0 Å². The number of carbonyl (C=O) groups excluding carboxylic acids is 1. The third-order valence-corrected chi connectivity index (χ3v) is 2.99. The Morgan fingerprint density at radius 1 is 1.19 bits per heavy atom. The van der Waals surface area contributed by atoms with Crippen molar-refractivity contribution in [2.24, 2.45) is 0 Å². The first-order valence-corrected chi connectivity index (χ1v) is 6.20. The van der Waals surface area contributed by atoms with Crippen molar-refractivity contribution in [2.75, 3.05) is 0 Å². The van der Waals surface area contributed by atoms with Crippen molar-refractivity contribution >= 4 is 17.5 Å². The fourth-order valence-corrected chi connectivity index (χ4v) is 1.81. The van der Waals surface area contributed by atoms with Crippen LogP contribution in [0.15, 0.2) is 48.5 Å². The SMILES string of the molecule is Cc1ccc(/C=C/C(=O)c2ccc(F)cc2)cc1[N+](=O)[O-]. The van der Waals surface area contributed by atoms with Gasteiger partial charge in [-0.05, 0) is 42.8 Å². The van der Waals surface area contributed by atoms with E-state index in [1.807, 2.05) is 0 Å². The summed E-state index contributed by atoms with van der Waals surface area (Å²) in [6, 6.07) is 9.91. The molecule has 0 radical (unpaired) electrons. The predicted octanol–water partition coefficient (Wildman–Crippen LogP) is 3.94. The summed E-state index contributed by atoms with van der Waals surface area (Å²) in [4.78, 5) is 22.3. The number of nitrogens with zero attached hydrogens (tertiary/aromatic N) is 1. The van der Waals surface area contributed by atoms with E-state index in [1.165, 1.54) is 42.5 Å². The first-order chi connectivity index (χ1) is 9.97. The molecule has 0 atom stereocenters. The van der Waals surface area contributed by atoms with Gasteiger partial charge in [-0.2, -0.15) is 0 Å². The quantitative estimate of drug-likeness (QED) is 0.370. The van der Waals surface area contributed by atoms with E-state index in [0.29, 0.717) is 16.7 Å². The van der Waals surface area contributed by atoms with Crippen LogP contribution in [0.4, 0.5) is 10.1 Å². The fraction of sp³-hybridized carbons (Fsp3) is 0.0625. The second kappa shape index (κ2) is 6.09. The Labute approximate surface area is 120 Å². The Hall–Kier alpha value is -2.82. The van der Waals surface area contributed by atoms with Gasteiger partial charge in [-0.1, -0.05) is 18.2 Å². The topological polar surface area (TPSA) is 60.2 Å². The molecule has 2 aromatic carbocycles. The van der Waals surface area contributed by atoms with Crippen LogP contribution in [0.1, 0.15) is 21.5 Å². The molecule has 21 heavy (non-hydrogen) atoms. The van der Waals surface area contributed by atoms with Crippen LogP contribution in [0.2, 0.25) is 0 Å². The highest BCUT2D eigenvalue weighted by Gasteiger charge is 2.10. The molecule has 0 heterocycles. The summed E-state index contributed by atoms with van der Waals surface area (Å²) < 4.78 is 12.8. The summed E-state index contributed by atoms with van der Waals surface area (Å²) in [7, 11) is 0. The van der Waals surface area contributed by atoms with E-state index >= 15 is 0 Å². The monoisotopic (exact) mass is 285 g/mol. The lowest BCUT2D eigenvalue weighted by Crippen LogP contribution is -1.94. The molecule has 0 saturated carbocycles. The van der Waals surface area contributed by atoms with Crippen molar-refractivity contribution in [2.45, 2.75) is 6.92 Å². The zero-order valence-electron chi connectivity index (χ0n) is 11.2.